The second kappa shape index (κ2) is 9.93. The van der Waals surface area contributed by atoms with Gasteiger partial charge in [-0.1, -0.05) is 18.2 Å². The summed E-state index contributed by atoms with van der Waals surface area (Å²) in [5, 5.41) is 6.55. The lowest BCUT2D eigenvalue weighted by Gasteiger charge is -2.14. The van der Waals surface area contributed by atoms with Crippen molar-refractivity contribution in [2.75, 3.05) is 20.4 Å². The third kappa shape index (κ3) is 5.98. The monoisotopic (exact) mass is 361 g/mol. The van der Waals surface area contributed by atoms with Crippen LogP contribution >= 0.6 is 11.8 Å². The minimum atomic E-state index is -0.199. The molecule has 2 rings (SSSR count). The highest BCUT2D eigenvalue weighted by Crippen LogP contribution is 2.16. The summed E-state index contributed by atoms with van der Waals surface area (Å²) < 4.78 is 18.6. The fourth-order valence-corrected chi connectivity index (χ4v) is 2.97. The first-order chi connectivity index (χ1) is 12.2. The molecular formula is C19H24FN3OS. The van der Waals surface area contributed by atoms with E-state index in [-0.39, 0.29) is 5.82 Å². The second-order valence-electron chi connectivity index (χ2n) is 5.47. The van der Waals surface area contributed by atoms with E-state index < -0.39 is 0 Å². The predicted molar refractivity (Wildman–Crippen MR) is 104 cm³/mol. The minimum absolute atomic E-state index is 0.199. The number of hydrogen-bond acceptors (Lipinski definition) is 3. The maximum absolute atomic E-state index is 13.4. The van der Waals surface area contributed by atoms with Gasteiger partial charge in [-0.05, 0) is 47.2 Å². The molecule has 134 valence electrons. The molecular weight excluding hydrogens is 337 g/mol. The molecule has 0 aliphatic heterocycles. The molecule has 2 aromatic rings. The first-order valence-corrected chi connectivity index (χ1v) is 9.39. The van der Waals surface area contributed by atoms with Crippen molar-refractivity contribution in [2.45, 2.75) is 18.8 Å². The Kier molecular flexibility index (Phi) is 7.60. The molecule has 0 heterocycles. The smallest absolute Gasteiger partial charge is 0.191 e. The van der Waals surface area contributed by atoms with Crippen LogP contribution in [0.4, 0.5) is 4.39 Å². The van der Waals surface area contributed by atoms with Gasteiger partial charge in [0.15, 0.2) is 5.96 Å². The molecule has 0 amide bonds. The van der Waals surface area contributed by atoms with Crippen molar-refractivity contribution < 1.29 is 9.13 Å². The lowest BCUT2D eigenvalue weighted by Crippen LogP contribution is -2.36. The first kappa shape index (κ1) is 19.1. The molecule has 0 unspecified atom stereocenters. The topological polar surface area (TPSA) is 45.7 Å². The molecule has 0 saturated carbocycles. The Labute approximate surface area is 152 Å². The van der Waals surface area contributed by atoms with Crippen molar-refractivity contribution >= 4 is 17.7 Å². The summed E-state index contributed by atoms with van der Waals surface area (Å²) >= 11 is 1.68. The van der Waals surface area contributed by atoms with Gasteiger partial charge < -0.3 is 15.4 Å². The molecule has 0 fully saturated rings. The summed E-state index contributed by atoms with van der Waals surface area (Å²) in [6.45, 7) is 1.25. The Hall–Kier alpha value is -2.21. The summed E-state index contributed by atoms with van der Waals surface area (Å²) in [7, 11) is 3.39. The van der Waals surface area contributed by atoms with Crippen molar-refractivity contribution in [3.05, 3.63) is 65.0 Å². The molecule has 2 N–H and O–H groups in total. The number of benzene rings is 2. The Bertz CT molecular complexity index is 704. The maximum Gasteiger partial charge on any atom is 0.191 e. The van der Waals surface area contributed by atoms with Gasteiger partial charge in [-0.3, -0.25) is 4.99 Å². The van der Waals surface area contributed by atoms with Gasteiger partial charge in [0, 0.05) is 25.9 Å². The van der Waals surface area contributed by atoms with Gasteiger partial charge in [0.25, 0.3) is 0 Å². The van der Waals surface area contributed by atoms with Gasteiger partial charge in [-0.15, -0.1) is 0 Å². The standard InChI is InChI=1S/C19H24FN3OS/c1-21-19(22-11-14-4-8-18(24-2)9-5-14)23-12-15-6-7-17(20)10-16(15)13-25-3/h4-10H,11-13H2,1-3H3,(H2,21,22,23). The predicted octanol–water partition coefficient (Wildman–Crippen LogP) is 3.56. The van der Waals surface area contributed by atoms with Gasteiger partial charge in [0.05, 0.1) is 7.11 Å². The Balaban J connectivity index is 1.91. The molecule has 0 aliphatic rings. The van der Waals surface area contributed by atoms with E-state index in [1.807, 2.05) is 36.6 Å². The van der Waals surface area contributed by atoms with Gasteiger partial charge in [0.1, 0.15) is 11.6 Å². The molecule has 2 aromatic carbocycles. The molecule has 6 heteroatoms. The van der Waals surface area contributed by atoms with Crippen LogP contribution in [0.25, 0.3) is 0 Å². The minimum Gasteiger partial charge on any atom is -0.497 e. The van der Waals surface area contributed by atoms with Crippen molar-refractivity contribution in [3.63, 3.8) is 0 Å². The first-order valence-electron chi connectivity index (χ1n) is 8.00. The summed E-state index contributed by atoms with van der Waals surface area (Å²) in [6.07, 6.45) is 2.01. The number of guanidine groups is 1. The third-order valence-corrected chi connectivity index (χ3v) is 4.36. The molecule has 0 aromatic heterocycles. The second-order valence-corrected chi connectivity index (χ2v) is 6.34. The Morgan fingerprint density at radius 3 is 2.44 bits per heavy atom. The van der Waals surface area contributed by atoms with E-state index in [1.165, 1.54) is 6.07 Å². The number of methoxy groups -OCH3 is 1. The zero-order valence-electron chi connectivity index (χ0n) is 14.8. The number of hydrogen-bond donors (Lipinski definition) is 2. The highest BCUT2D eigenvalue weighted by atomic mass is 32.2. The van der Waals surface area contributed by atoms with Crippen molar-refractivity contribution in [2.24, 2.45) is 4.99 Å². The zero-order chi connectivity index (χ0) is 18.1. The highest BCUT2D eigenvalue weighted by Gasteiger charge is 2.05. The van der Waals surface area contributed by atoms with E-state index >= 15 is 0 Å². The number of ether oxygens (including phenoxy) is 1. The van der Waals surface area contributed by atoms with Crippen LogP contribution in [-0.2, 0) is 18.8 Å². The number of halogens is 1. The van der Waals surface area contributed by atoms with Gasteiger partial charge in [-0.2, -0.15) is 11.8 Å². The number of thioether (sulfide) groups is 1. The average Bonchev–Trinajstić information content (AvgIpc) is 2.64. The van der Waals surface area contributed by atoms with Crippen LogP contribution in [0.2, 0.25) is 0 Å². The quantitative estimate of drug-likeness (QED) is 0.585. The fraction of sp³-hybridized carbons (Fsp3) is 0.316. The van der Waals surface area contributed by atoms with E-state index in [4.69, 9.17) is 4.74 Å². The van der Waals surface area contributed by atoms with Crippen LogP contribution in [0.5, 0.6) is 5.75 Å². The molecule has 0 saturated heterocycles. The zero-order valence-corrected chi connectivity index (χ0v) is 15.6. The fourth-order valence-electron chi connectivity index (χ4n) is 2.39. The molecule has 0 atom stereocenters. The Morgan fingerprint density at radius 1 is 1.08 bits per heavy atom. The number of nitrogens with one attached hydrogen (secondary N) is 2. The van der Waals surface area contributed by atoms with Crippen LogP contribution in [0.15, 0.2) is 47.5 Å². The van der Waals surface area contributed by atoms with Crippen LogP contribution in [0.1, 0.15) is 16.7 Å². The van der Waals surface area contributed by atoms with Crippen LogP contribution in [-0.4, -0.2) is 26.4 Å². The van der Waals surface area contributed by atoms with Gasteiger partial charge >= 0.3 is 0 Å². The number of nitrogens with zero attached hydrogens (tertiary/aromatic N) is 1. The van der Waals surface area contributed by atoms with Gasteiger partial charge in [-0.25, -0.2) is 4.39 Å². The SMILES string of the molecule is CN=C(NCc1ccc(OC)cc1)NCc1ccc(F)cc1CSC. The number of aliphatic imine (C=N–C) groups is 1. The normalized spacial score (nSPS) is 11.3. The lowest BCUT2D eigenvalue weighted by atomic mass is 10.1. The molecule has 0 bridgehead atoms. The van der Waals surface area contributed by atoms with E-state index in [1.54, 1.807) is 32.0 Å². The largest absolute Gasteiger partial charge is 0.497 e. The summed E-state index contributed by atoms with van der Waals surface area (Å²) in [5.41, 5.74) is 3.21. The number of rotatable bonds is 7. The van der Waals surface area contributed by atoms with Crippen LogP contribution < -0.4 is 15.4 Å². The van der Waals surface area contributed by atoms with E-state index in [0.29, 0.717) is 19.0 Å². The van der Waals surface area contributed by atoms with E-state index in [2.05, 4.69) is 15.6 Å². The van der Waals surface area contributed by atoms with Gasteiger partial charge in [0.2, 0.25) is 0 Å². The molecule has 25 heavy (non-hydrogen) atoms. The molecule has 0 radical (unpaired) electrons. The molecule has 4 nitrogen and oxygen atoms in total. The average molecular weight is 361 g/mol. The van der Waals surface area contributed by atoms with Crippen molar-refractivity contribution in [1.82, 2.24) is 10.6 Å². The Morgan fingerprint density at radius 2 is 1.80 bits per heavy atom. The highest BCUT2D eigenvalue weighted by molar-refractivity contribution is 7.97. The van der Waals surface area contributed by atoms with E-state index in [9.17, 15) is 4.39 Å². The maximum atomic E-state index is 13.4. The van der Waals surface area contributed by atoms with Crippen molar-refractivity contribution in [1.29, 1.82) is 0 Å². The summed E-state index contributed by atoms with van der Waals surface area (Å²) in [4.78, 5) is 4.24. The summed E-state index contributed by atoms with van der Waals surface area (Å²) in [6, 6.07) is 12.8. The molecule has 0 aliphatic carbocycles. The molecule has 0 spiro atoms. The van der Waals surface area contributed by atoms with E-state index in [0.717, 1.165) is 28.2 Å². The summed E-state index contributed by atoms with van der Waals surface area (Å²) in [5.74, 6) is 2.13. The van der Waals surface area contributed by atoms with Crippen LogP contribution in [0, 0.1) is 5.82 Å². The van der Waals surface area contributed by atoms with Crippen LogP contribution in [0.3, 0.4) is 0 Å². The third-order valence-electron chi connectivity index (χ3n) is 3.76. The van der Waals surface area contributed by atoms with Crippen molar-refractivity contribution in [3.8, 4) is 5.75 Å². The lowest BCUT2D eigenvalue weighted by molar-refractivity contribution is 0.414.